The van der Waals surface area contributed by atoms with E-state index in [0.29, 0.717) is 23.5 Å². The number of nitrogens with zero attached hydrogens (tertiary/aromatic N) is 3. The Bertz CT molecular complexity index is 785. The topological polar surface area (TPSA) is 80.5 Å². The number of hydrogen-bond acceptors (Lipinski definition) is 5. The lowest BCUT2D eigenvalue weighted by atomic mass is 9.96. The van der Waals surface area contributed by atoms with E-state index in [4.69, 9.17) is 9.26 Å². The van der Waals surface area contributed by atoms with Crippen LogP contribution in [0.4, 0.5) is 4.79 Å². The van der Waals surface area contributed by atoms with Gasteiger partial charge in [0.05, 0.1) is 12.7 Å². The summed E-state index contributed by atoms with van der Waals surface area (Å²) >= 11 is 0. The summed E-state index contributed by atoms with van der Waals surface area (Å²) in [7, 11) is 1.62. The van der Waals surface area contributed by atoms with Gasteiger partial charge in [-0.2, -0.15) is 4.98 Å². The highest BCUT2D eigenvalue weighted by Gasteiger charge is 2.35. The third kappa shape index (κ3) is 3.77. The molecule has 27 heavy (non-hydrogen) atoms. The Hall–Kier alpha value is -2.57. The average molecular weight is 370 g/mol. The predicted octanol–water partition coefficient (Wildman–Crippen LogP) is 3.92. The average Bonchev–Trinajstić information content (AvgIpc) is 3.38. The van der Waals surface area contributed by atoms with Crippen molar-refractivity contribution in [2.75, 3.05) is 13.7 Å². The summed E-state index contributed by atoms with van der Waals surface area (Å²) in [6.07, 6.45) is 7.58. The molecule has 1 aromatic heterocycles. The zero-order valence-corrected chi connectivity index (χ0v) is 15.7. The number of likely N-dealkylation sites (tertiary alicyclic amines) is 1. The van der Waals surface area contributed by atoms with Crippen molar-refractivity contribution in [3.05, 3.63) is 30.2 Å². The normalized spacial score (nSPS) is 20.6. The van der Waals surface area contributed by atoms with Gasteiger partial charge in [0.25, 0.3) is 0 Å². The predicted molar refractivity (Wildman–Crippen MR) is 100 cm³/mol. The Morgan fingerprint density at radius 2 is 2.00 bits per heavy atom. The maximum atomic E-state index is 12.8. The molecule has 7 heteroatoms. The van der Waals surface area contributed by atoms with Crippen molar-refractivity contribution < 1.29 is 14.1 Å². The Kier molecular flexibility index (Phi) is 5.27. The van der Waals surface area contributed by atoms with E-state index in [1.165, 1.54) is 19.3 Å². The number of carbonyl (C=O) groups is 1. The second kappa shape index (κ2) is 7.98. The molecule has 1 N–H and O–H groups in total. The van der Waals surface area contributed by atoms with Crippen molar-refractivity contribution in [1.82, 2.24) is 20.4 Å². The van der Waals surface area contributed by atoms with Gasteiger partial charge in [-0.1, -0.05) is 36.6 Å². The second-order valence-electron chi connectivity index (χ2n) is 7.29. The van der Waals surface area contributed by atoms with Crippen LogP contribution in [0.3, 0.4) is 0 Å². The fraction of sp³-hybridized carbons (Fsp3) is 0.550. The Labute approximate surface area is 159 Å². The minimum absolute atomic E-state index is 0.0126. The van der Waals surface area contributed by atoms with Crippen LogP contribution in [0.1, 0.15) is 56.9 Å². The molecule has 1 aliphatic carbocycles. The molecule has 2 aliphatic rings. The molecular formula is C20H26N4O3. The fourth-order valence-corrected chi connectivity index (χ4v) is 4.08. The maximum Gasteiger partial charge on any atom is 0.318 e. The molecule has 1 atom stereocenters. The molecule has 2 fully saturated rings. The monoisotopic (exact) mass is 370 g/mol. The van der Waals surface area contributed by atoms with Crippen LogP contribution in [0.5, 0.6) is 5.75 Å². The van der Waals surface area contributed by atoms with Gasteiger partial charge in [-0.3, -0.25) is 0 Å². The summed E-state index contributed by atoms with van der Waals surface area (Å²) in [6.45, 7) is 0.718. The first kappa shape index (κ1) is 17.8. The summed E-state index contributed by atoms with van der Waals surface area (Å²) < 4.78 is 10.9. The summed E-state index contributed by atoms with van der Waals surface area (Å²) in [4.78, 5) is 19.2. The number of ether oxygens (including phenoxy) is 1. The molecule has 1 saturated carbocycles. The van der Waals surface area contributed by atoms with E-state index in [9.17, 15) is 4.79 Å². The SMILES string of the molecule is COc1ccccc1-c1noc([C@H]2CCCN2C(=O)NC2CCCCC2)n1. The molecule has 1 aliphatic heterocycles. The number of aromatic nitrogens is 2. The molecule has 4 rings (SSSR count). The number of urea groups is 1. The number of carbonyl (C=O) groups excluding carboxylic acids is 1. The third-order valence-electron chi connectivity index (χ3n) is 5.52. The van der Waals surface area contributed by atoms with E-state index in [1.807, 2.05) is 29.2 Å². The van der Waals surface area contributed by atoms with E-state index < -0.39 is 0 Å². The van der Waals surface area contributed by atoms with Gasteiger partial charge in [-0.25, -0.2) is 4.79 Å². The number of benzene rings is 1. The summed E-state index contributed by atoms with van der Waals surface area (Å²) in [5.41, 5.74) is 0.784. The molecule has 0 unspecified atom stereocenters. The maximum absolute atomic E-state index is 12.8. The number of methoxy groups -OCH3 is 1. The van der Waals surface area contributed by atoms with E-state index in [1.54, 1.807) is 7.11 Å². The number of para-hydroxylation sites is 1. The number of nitrogens with one attached hydrogen (secondary N) is 1. The standard InChI is InChI=1S/C20H26N4O3/c1-26-17-12-6-5-10-15(17)18-22-19(27-23-18)16-11-7-13-24(16)20(25)21-14-8-3-2-4-9-14/h5-6,10,12,14,16H,2-4,7-9,11,13H2,1H3,(H,21,25)/t16-/m1/s1. The Balaban J connectivity index is 1.49. The van der Waals surface area contributed by atoms with Crippen LogP contribution in [0, 0.1) is 0 Å². The van der Waals surface area contributed by atoms with Crippen LogP contribution in [0.2, 0.25) is 0 Å². The molecule has 1 aromatic carbocycles. The second-order valence-corrected chi connectivity index (χ2v) is 7.29. The molecule has 144 valence electrons. The lowest BCUT2D eigenvalue weighted by molar-refractivity contribution is 0.173. The zero-order valence-electron chi connectivity index (χ0n) is 15.7. The Morgan fingerprint density at radius 3 is 2.81 bits per heavy atom. The largest absolute Gasteiger partial charge is 0.496 e. The molecule has 0 bridgehead atoms. The van der Waals surface area contributed by atoms with Crippen LogP contribution in [-0.2, 0) is 0 Å². The first-order valence-corrected chi connectivity index (χ1v) is 9.80. The first-order chi connectivity index (χ1) is 13.3. The minimum atomic E-state index is -0.162. The van der Waals surface area contributed by atoms with Crippen LogP contribution < -0.4 is 10.1 Å². The fourth-order valence-electron chi connectivity index (χ4n) is 4.08. The molecule has 2 aromatic rings. The highest BCUT2D eigenvalue weighted by molar-refractivity contribution is 5.75. The van der Waals surface area contributed by atoms with Crippen LogP contribution in [0.25, 0.3) is 11.4 Å². The van der Waals surface area contributed by atoms with Crippen molar-refractivity contribution in [3.8, 4) is 17.1 Å². The molecule has 0 spiro atoms. The lowest BCUT2D eigenvalue weighted by Gasteiger charge is -2.28. The van der Waals surface area contributed by atoms with Gasteiger partial charge in [-0.15, -0.1) is 0 Å². The van der Waals surface area contributed by atoms with Crippen molar-refractivity contribution in [2.45, 2.75) is 57.0 Å². The highest BCUT2D eigenvalue weighted by atomic mass is 16.5. The van der Waals surface area contributed by atoms with Crippen molar-refractivity contribution >= 4 is 6.03 Å². The van der Waals surface area contributed by atoms with E-state index >= 15 is 0 Å². The van der Waals surface area contributed by atoms with Gasteiger partial charge in [0.1, 0.15) is 11.8 Å². The minimum Gasteiger partial charge on any atom is -0.496 e. The lowest BCUT2D eigenvalue weighted by Crippen LogP contribution is -2.45. The Morgan fingerprint density at radius 1 is 1.19 bits per heavy atom. The van der Waals surface area contributed by atoms with Crippen LogP contribution >= 0.6 is 0 Å². The van der Waals surface area contributed by atoms with Crippen LogP contribution in [0.15, 0.2) is 28.8 Å². The summed E-state index contributed by atoms with van der Waals surface area (Å²) in [5.74, 6) is 1.68. The van der Waals surface area contributed by atoms with Gasteiger partial charge >= 0.3 is 6.03 Å². The highest BCUT2D eigenvalue weighted by Crippen LogP contribution is 2.34. The quantitative estimate of drug-likeness (QED) is 0.882. The molecule has 0 radical (unpaired) electrons. The first-order valence-electron chi connectivity index (χ1n) is 9.80. The van der Waals surface area contributed by atoms with Gasteiger partial charge in [0, 0.05) is 12.6 Å². The number of rotatable bonds is 4. The third-order valence-corrected chi connectivity index (χ3v) is 5.52. The van der Waals surface area contributed by atoms with Crippen molar-refractivity contribution in [3.63, 3.8) is 0 Å². The molecule has 7 nitrogen and oxygen atoms in total. The van der Waals surface area contributed by atoms with Crippen LogP contribution in [-0.4, -0.2) is 40.8 Å². The number of hydrogen-bond donors (Lipinski definition) is 1. The van der Waals surface area contributed by atoms with Gasteiger partial charge in [0.15, 0.2) is 0 Å². The smallest absolute Gasteiger partial charge is 0.318 e. The van der Waals surface area contributed by atoms with Gasteiger partial charge in [0.2, 0.25) is 11.7 Å². The van der Waals surface area contributed by atoms with Gasteiger partial charge < -0.3 is 19.5 Å². The molecule has 1 saturated heterocycles. The molecule has 2 amide bonds. The van der Waals surface area contributed by atoms with Gasteiger partial charge in [-0.05, 0) is 37.8 Å². The zero-order chi connectivity index (χ0) is 18.6. The summed E-state index contributed by atoms with van der Waals surface area (Å²) in [6, 6.07) is 7.69. The molecular weight excluding hydrogens is 344 g/mol. The molecule has 2 heterocycles. The van der Waals surface area contributed by atoms with Crippen molar-refractivity contribution in [2.24, 2.45) is 0 Å². The number of amides is 2. The van der Waals surface area contributed by atoms with Crippen molar-refractivity contribution in [1.29, 1.82) is 0 Å². The van der Waals surface area contributed by atoms with E-state index in [2.05, 4.69) is 15.5 Å². The van der Waals surface area contributed by atoms with E-state index in [-0.39, 0.29) is 12.1 Å². The van der Waals surface area contributed by atoms with E-state index in [0.717, 1.165) is 37.8 Å². The summed E-state index contributed by atoms with van der Waals surface area (Å²) in [5, 5.41) is 7.32.